The van der Waals surface area contributed by atoms with Crippen molar-refractivity contribution in [2.24, 2.45) is 5.92 Å². The van der Waals surface area contributed by atoms with E-state index in [1.807, 2.05) is 6.92 Å². The molecule has 0 saturated carbocycles. The number of nitrogens with zero attached hydrogens (tertiary/aromatic N) is 1. The van der Waals surface area contributed by atoms with Crippen LogP contribution in [0.3, 0.4) is 0 Å². The lowest BCUT2D eigenvalue weighted by molar-refractivity contribution is 0.554. The molecule has 108 valence electrons. The molecule has 1 aromatic heterocycles. The topological polar surface area (TPSA) is 24.9 Å². The Hall–Kier alpha value is -0.970. The van der Waals surface area contributed by atoms with E-state index in [1.165, 1.54) is 17.0 Å². The van der Waals surface area contributed by atoms with Crippen molar-refractivity contribution >= 4 is 22.9 Å². The minimum absolute atomic E-state index is 0.328. The Bertz CT molecular complexity index is 596. The number of hydrogen-bond acceptors (Lipinski definition) is 3. The zero-order valence-electron chi connectivity index (χ0n) is 11.8. The lowest BCUT2D eigenvalue weighted by Gasteiger charge is -2.05. The van der Waals surface area contributed by atoms with Crippen LogP contribution in [0, 0.1) is 18.7 Å². The third-order valence-corrected chi connectivity index (χ3v) is 4.40. The number of aryl methyl sites for hydroxylation is 1. The normalized spacial score (nSPS) is 11.3. The van der Waals surface area contributed by atoms with Gasteiger partial charge in [0.1, 0.15) is 10.8 Å². The van der Waals surface area contributed by atoms with Crippen LogP contribution in [0.5, 0.6) is 0 Å². The van der Waals surface area contributed by atoms with E-state index in [9.17, 15) is 4.39 Å². The Morgan fingerprint density at radius 1 is 1.40 bits per heavy atom. The summed E-state index contributed by atoms with van der Waals surface area (Å²) in [7, 11) is 0. The molecule has 1 heterocycles. The van der Waals surface area contributed by atoms with E-state index in [4.69, 9.17) is 11.6 Å². The minimum atomic E-state index is -0.328. The van der Waals surface area contributed by atoms with Crippen LogP contribution >= 0.6 is 22.9 Å². The summed E-state index contributed by atoms with van der Waals surface area (Å²) >= 11 is 7.69. The van der Waals surface area contributed by atoms with Crippen molar-refractivity contribution in [1.82, 2.24) is 10.3 Å². The first-order valence-electron chi connectivity index (χ1n) is 6.60. The number of nitrogens with one attached hydrogen (secondary N) is 1. The molecule has 2 nitrogen and oxygen atoms in total. The molecule has 2 aromatic rings. The highest BCUT2D eigenvalue weighted by Crippen LogP contribution is 2.33. The van der Waals surface area contributed by atoms with E-state index >= 15 is 0 Å². The van der Waals surface area contributed by atoms with E-state index in [0.717, 1.165) is 29.4 Å². The van der Waals surface area contributed by atoms with Gasteiger partial charge < -0.3 is 5.32 Å². The molecule has 0 bridgehead atoms. The van der Waals surface area contributed by atoms with Gasteiger partial charge in [0.2, 0.25) is 0 Å². The molecular weight excluding hydrogens is 295 g/mol. The average Bonchev–Trinajstić information content (AvgIpc) is 2.70. The summed E-state index contributed by atoms with van der Waals surface area (Å²) in [5, 5.41) is 4.65. The second-order valence-electron chi connectivity index (χ2n) is 5.18. The van der Waals surface area contributed by atoms with Gasteiger partial charge in [-0.3, -0.25) is 0 Å². The first-order valence-corrected chi connectivity index (χ1v) is 7.79. The smallest absolute Gasteiger partial charge is 0.125 e. The fraction of sp³-hybridized carbons (Fsp3) is 0.400. The van der Waals surface area contributed by atoms with Gasteiger partial charge in [-0.25, -0.2) is 9.37 Å². The SMILES string of the molecule is Cc1nc(-c2ccc(F)cc2Cl)sc1CNCC(C)C. The molecule has 0 radical (unpaired) electrons. The Labute approximate surface area is 128 Å². The Morgan fingerprint density at radius 3 is 2.80 bits per heavy atom. The van der Waals surface area contributed by atoms with Crippen LogP contribution in [0.1, 0.15) is 24.4 Å². The van der Waals surface area contributed by atoms with Crippen molar-refractivity contribution in [2.75, 3.05) is 6.54 Å². The summed E-state index contributed by atoms with van der Waals surface area (Å²) < 4.78 is 13.1. The predicted molar refractivity (Wildman–Crippen MR) is 83.8 cm³/mol. The van der Waals surface area contributed by atoms with Gasteiger partial charge in [0.05, 0.1) is 10.7 Å². The molecule has 0 aliphatic heterocycles. The zero-order valence-corrected chi connectivity index (χ0v) is 13.4. The summed E-state index contributed by atoms with van der Waals surface area (Å²) in [4.78, 5) is 5.74. The summed E-state index contributed by atoms with van der Waals surface area (Å²) in [6.45, 7) is 8.13. The third kappa shape index (κ3) is 3.78. The predicted octanol–water partition coefficient (Wildman–Crippen LogP) is 4.66. The standard InChI is InChI=1S/C15H18ClFN2S/c1-9(2)7-18-8-14-10(3)19-15(20-14)12-5-4-11(17)6-13(12)16/h4-6,9,18H,7-8H2,1-3H3. The fourth-order valence-corrected chi connectivity index (χ4v) is 3.23. The zero-order chi connectivity index (χ0) is 14.7. The number of thiazole rings is 1. The molecule has 0 amide bonds. The van der Waals surface area contributed by atoms with Crippen molar-refractivity contribution in [3.8, 4) is 10.6 Å². The molecule has 0 unspecified atom stereocenters. The molecule has 0 atom stereocenters. The highest BCUT2D eigenvalue weighted by molar-refractivity contribution is 7.15. The van der Waals surface area contributed by atoms with Crippen molar-refractivity contribution in [2.45, 2.75) is 27.3 Å². The Morgan fingerprint density at radius 2 is 2.15 bits per heavy atom. The average molecular weight is 313 g/mol. The maximum Gasteiger partial charge on any atom is 0.125 e. The number of rotatable bonds is 5. The van der Waals surface area contributed by atoms with Crippen LogP contribution in [0.2, 0.25) is 5.02 Å². The first kappa shape index (κ1) is 15.4. The van der Waals surface area contributed by atoms with Gasteiger partial charge in [-0.15, -0.1) is 11.3 Å². The van der Waals surface area contributed by atoms with Crippen LogP contribution in [0.25, 0.3) is 10.6 Å². The maximum atomic E-state index is 13.1. The van der Waals surface area contributed by atoms with Gasteiger partial charge in [-0.05, 0) is 37.6 Å². The summed E-state index contributed by atoms with van der Waals surface area (Å²) in [5.41, 5.74) is 1.79. The highest BCUT2D eigenvalue weighted by Gasteiger charge is 2.12. The second-order valence-corrected chi connectivity index (χ2v) is 6.67. The van der Waals surface area contributed by atoms with E-state index in [0.29, 0.717) is 10.9 Å². The molecule has 0 aliphatic rings. The third-order valence-electron chi connectivity index (χ3n) is 2.89. The van der Waals surface area contributed by atoms with Gasteiger partial charge in [0, 0.05) is 17.0 Å². The highest BCUT2D eigenvalue weighted by atomic mass is 35.5. The molecule has 20 heavy (non-hydrogen) atoms. The van der Waals surface area contributed by atoms with Gasteiger partial charge in [-0.2, -0.15) is 0 Å². The van der Waals surface area contributed by atoms with Gasteiger partial charge in [0.25, 0.3) is 0 Å². The largest absolute Gasteiger partial charge is 0.312 e. The van der Waals surface area contributed by atoms with E-state index in [1.54, 1.807) is 17.4 Å². The number of aromatic nitrogens is 1. The number of halogens is 2. The Kier molecular flexibility index (Phi) is 5.13. The van der Waals surface area contributed by atoms with Crippen molar-refractivity contribution in [3.05, 3.63) is 39.6 Å². The lowest BCUT2D eigenvalue weighted by Crippen LogP contribution is -2.18. The van der Waals surface area contributed by atoms with Crippen molar-refractivity contribution < 1.29 is 4.39 Å². The quantitative estimate of drug-likeness (QED) is 0.868. The van der Waals surface area contributed by atoms with Crippen molar-refractivity contribution in [3.63, 3.8) is 0 Å². The van der Waals surface area contributed by atoms with Gasteiger partial charge in [-0.1, -0.05) is 25.4 Å². The fourth-order valence-electron chi connectivity index (χ4n) is 1.84. The summed E-state index contributed by atoms with van der Waals surface area (Å²) in [6, 6.07) is 4.42. The van der Waals surface area contributed by atoms with Crippen LogP contribution in [0.4, 0.5) is 4.39 Å². The van der Waals surface area contributed by atoms with Crippen LogP contribution in [-0.4, -0.2) is 11.5 Å². The van der Waals surface area contributed by atoms with E-state index in [-0.39, 0.29) is 5.82 Å². The summed E-state index contributed by atoms with van der Waals surface area (Å²) in [5.74, 6) is 0.292. The van der Waals surface area contributed by atoms with Gasteiger partial charge >= 0.3 is 0 Å². The molecule has 2 rings (SSSR count). The molecular formula is C15H18ClFN2S. The molecule has 0 aliphatic carbocycles. The van der Waals surface area contributed by atoms with Gasteiger partial charge in [0.15, 0.2) is 0 Å². The first-order chi connectivity index (χ1) is 9.47. The number of hydrogen-bond donors (Lipinski definition) is 1. The molecule has 1 N–H and O–H groups in total. The van der Waals surface area contributed by atoms with E-state index in [2.05, 4.69) is 24.1 Å². The Balaban J connectivity index is 2.18. The number of benzene rings is 1. The minimum Gasteiger partial charge on any atom is -0.312 e. The van der Waals surface area contributed by atoms with Crippen LogP contribution in [-0.2, 0) is 6.54 Å². The molecule has 0 saturated heterocycles. The molecule has 5 heteroatoms. The van der Waals surface area contributed by atoms with Crippen LogP contribution in [0.15, 0.2) is 18.2 Å². The second kappa shape index (κ2) is 6.66. The van der Waals surface area contributed by atoms with Crippen molar-refractivity contribution in [1.29, 1.82) is 0 Å². The van der Waals surface area contributed by atoms with Crippen LogP contribution < -0.4 is 5.32 Å². The van der Waals surface area contributed by atoms with E-state index < -0.39 is 0 Å². The monoisotopic (exact) mass is 312 g/mol. The molecule has 0 fully saturated rings. The lowest BCUT2D eigenvalue weighted by atomic mass is 10.2. The molecule has 0 spiro atoms. The summed E-state index contributed by atoms with van der Waals surface area (Å²) in [6.07, 6.45) is 0. The molecule has 1 aromatic carbocycles. The maximum absolute atomic E-state index is 13.1.